The van der Waals surface area contributed by atoms with E-state index >= 15 is 0 Å². The molecular weight excluding hydrogens is 291 g/mol. The van der Waals surface area contributed by atoms with Gasteiger partial charge in [0.25, 0.3) is 5.91 Å². The van der Waals surface area contributed by atoms with Gasteiger partial charge < -0.3 is 5.32 Å². The van der Waals surface area contributed by atoms with Gasteiger partial charge in [-0.1, -0.05) is 0 Å². The number of carbonyl (C=O) groups is 1. The molecule has 100 valence electrons. The Bertz CT molecular complexity index is 421. The third-order valence-corrected chi connectivity index (χ3v) is 2.62. The number of aromatic nitrogens is 2. The maximum Gasteiger partial charge on any atom is 0.441 e. The van der Waals surface area contributed by atoms with Crippen molar-refractivity contribution in [1.82, 2.24) is 15.3 Å². The summed E-state index contributed by atoms with van der Waals surface area (Å²) in [7, 11) is 0. The van der Waals surface area contributed by atoms with E-state index < -0.39 is 11.4 Å². The number of carbonyl (C=O) groups excluding carboxylic acids is 1. The summed E-state index contributed by atoms with van der Waals surface area (Å²) in [6.07, 6.45) is 0. The topological polar surface area (TPSA) is 54.9 Å². The second kappa shape index (κ2) is 6.24. The lowest BCUT2D eigenvalue weighted by molar-refractivity contribution is -0.0327. The van der Waals surface area contributed by atoms with Crippen LogP contribution < -0.4 is 5.32 Å². The fraction of sp³-hybridized carbons (Fsp3) is 0.444. The molecule has 1 rings (SSSR count). The van der Waals surface area contributed by atoms with E-state index in [2.05, 4.69) is 15.3 Å². The van der Waals surface area contributed by atoms with Crippen molar-refractivity contribution in [3.05, 3.63) is 22.7 Å². The van der Waals surface area contributed by atoms with Crippen LogP contribution in [0.15, 0.2) is 6.07 Å². The Labute approximate surface area is 110 Å². The second-order valence-corrected chi connectivity index (χ2v) is 4.71. The molecule has 0 radical (unpaired) electrons. The quantitative estimate of drug-likeness (QED) is 0.685. The Morgan fingerprint density at radius 2 is 2.17 bits per heavy atom. The van der Waals surface area contributed by atoms with Crippen molar-refractivity contribution in [2.24, 2.45) is 0 Å². The first kappa shape index (κ1) is 15.0. The molecule has 1 N–H and O–H groups in total. The number of hydrogen-bond donors (Lipinski definition) is 1. The van der Waals surface area contributed by atoms with Crippen molar-refractivity contribution in [2.45, 2.75) is 12.4 Å². The SMILES string of the molecule is Cc1cc(C(=O)NCCSC(F)(F)F)nc(Cl)n1. The van der Waals surface area contributed by atoms with Crippen LogP contribution in [0.2, 0.25) is 5.28 Å². The van der Waals surface area contributed by atoms with E-state index in [0.717, 1.165) is 0 Å². The molecular formula is C9H9ClF3N3OS. The van der Waals surface area contributed by atoms with Gasteiger partial charge in [0.2, 0.25) is 5.28 Å². The summed E-state index contributed by atoms with van der Waals surface area (Å²) >= 11 is 5.36. The molecule has 1 amide bonds. The van der Waals surface area contributed by atoms with Gasteiger partial charge in [0.15, 0.2) is 0 Å². The maximum atomic E-state index is 11.8. The van der Waals surface area contributed by atoms with Gasteiger partial charge in [-0.25, -0.2) is 9.97 Å². The number of thioether (sulfide) groups is 1. The van der Waals surface area contributed by atoms with Crippen LogP contribution in [0.3, 0.4) is 0 Å². The third-order valence-electron chi connectivity index (χ3n) is 1.71. The number of nitrogens with zero attached hydrogens (tertiary/aromatic N) is 2. The molecule has 1 aromatic rings. The normalized spacial score (nSPS) is 11.4. The Morgan fingerprint density at radius 3 is 2.72 bits per heavy atom. The van der Waals surface area contributed by atoms with Crippen molar-refractivity contribution >= 4 is 29.3 Å². The lowest BCUT2D eigenvalue weighted by atomic mass is 10.3. The Kier molecular flexibility index (Phi) is 5.21. The molecule has 0 spiro atoms. The van der Waals surface area contributed by atoms with Crippen LogP contribution in [-0.4, -0.2) is 33.7 Å². The van der Waals surface area contributed by atoms with E-state index in [1.54, 1.807) is 6.92 Å². The zero-order valence-corrected chi connectivity index (χ0v) is 10.8. The highest BCUT2D eigenvalue weighted by atomic mass is 35.5. The highest BCUT2D eigenvalue weighted by molar-refractivity contribution is 8.00. The molecule has 0 aliphatic carbocycles. The lowest BCUT2D eigenvalue weighted by Crippen LogP contribution is -2.27. The number of halogens is 4. The van der Waals surface area contributed by atoms with Gasteiger partial charge in [0, 0.05) is 18.0 Å². The van der Waals surface area contributed by atoms with E-state index in [-0.39, 0.29) is 35.0 Å². The number of alkyl halides is 3. The van der Waals surface area contributed by atoms with E-state index in [1.165, 1.54) is 6.07 Å². The van der Waals surface area contributed by atoms with Gasteiger partial charge in [0.05, 0.1) is 0 Å². The Hall–Kier alpha value is -1.02. The Balaban J connectivity index is 2.46. The molecule has 1 aromatic heterocycles. The van der Waals surface area contributed by atoms with Crippen molar-refractivity contribution in [3.8, 4) is 0 Å². The molecule has 0 bridgehead atoms. The first-order valence-electron chi connectivity index (χ1n) is 4.78. The van der Waals surface area contributed by atoms with Crippen molar-refractivity contribution in [3.63, 3.8) is 0 Å². The number of aryl methyl sites for hydroxylation is 1. The first-order chi connectivity index (χ1) is 8.28. The summed E-state index contributed by atoms with van der Waals surface area (Å²) in [6, 6.07) is 1.40. The number of amides is 1. The number of hydrogen-bond acceptors (Lipinski definition) is 4. The number of nitrogens with one attached hydrogen (secondary N) is 1. The Morgan fingerprint density at radius 1 is 1.50 bits per heavy atom. The molecule has 9 heteroatoms. The van der Waals surface area contributed by atoms with Crippen LogP contribution in [0.1, 0.15) is 16.2 Å². The summed E-state index contributed by atoms with van der Waals surface area (Å²) in [4.78, 5) is 19.0. The minimum absolute atomic E-state index is 0.0320. The minimum Gasteiger partial charge on any atom is -0.350 e. The van der Waals surface area contributed by atoms with Gasteiger partial charge in [-0.15, -0.1) is 0 Å². The van der Waals surface area contributed by atoms with E-state index in [9.17, 15) is 18.0 Å². The molecule has 0 saturated heterocycles. The first-order valence-corrected chi connectivity index (χ1v) is 6.14. The monoisotopic (exact) mass is 299 g/mol. The molecule has 0 fully saturated rings. The predicted octanol–water partition coefficient (Wildman–Crippen LogP) is 2.42. The van der Waals surface area contributed by atoms with Crippen molar-refractivity contribution in [2.75, 3.05) is 12.3 Å². The average molecular weight is 300 g/mol. The van der Waals surface area contributed by atoms with Gasteiger partial charge in [-0.3, -0.25) is 4.79 Å². The smallest absolute Gasteiger partial charge is 0.350 e. The zero-order chi connectivity index (χ0) is 13.8. The lowest BCUT2D eigenvalue weighted by Gasteiger charge is -2.07. The molecule has 0 atom stereocenters. The van der Waals surface area contributed by atoms with Crippen LogP contribution in [0.5, 0.6) is 0 Å². The van der Waals surface area contributed by atoms with Crippen LogP contribution in [0.25, 0.3) is 0 Å². The van der Waals surface area contributed by atoms with Gasteiger partial charge in [0.1, 0.15) is 5.69 Å². The average Bonchev–Trinajstić information content (AvgIpc) is 2.21. The molecule has 0 saturated carbocycles. The third kappa shape index (κ3) is 5.54. The maximum absolute atomic E-state index is 11.8. The fourth-order valence-corrected chi connectivity index (χ4v) is 1.73. The predicted molar refractivity (Wildman–Crippen MR) is 62.6 cm³/mol. The summed E-state index contributed by atoms with van der Waals surface area (Å²) in [5.74, 6) is -0.835. The zero-order valence-electron chi connectivity index (χ0n) is 9.21. The molecule has 1 heterocycles. The van der Waals surface area contributed by atoms with Gasteiger partial charge >= 0.3 is 5.51 Å². The second-order valence-electron chi connectivity index (χ2n) is 3.21. The molecule has 0 aromatic carbocycles. The summed E-state index contributed by atoms with van der Waals surface area (Å²) in [5.41, 5.74) is -3.76. The van der Waals surface area contributed by atoms with E-state index in [0.29, 0.717) is 5.69 Å². The molecule has 0 aliphatic rings. The van der Waals surface area contributed by atoms with Crippen molar-refractivity contribution < 1.29 is 18.0 Å². The molecule has 18 heavy (non-hydrogen) atoms. The van der Waals surface area contributed by atoms with Gasteiger partial charge in [-0.05, 0) is 36.4 Å². The highest BCUT2D eigenvalue weighted by Gasteiger charge is 2.27. The van der Waals surface area contributed by atoms with Gasteiger partial charge in [-0.2, -0.15) is 13.2 Å². The fourth-order valence-electron chi connectivity index (χ4n) is 1.07. The molecule has 4 nitrogen and oxygen atoms in total. The van der Waals surface area contributed by atoms with E-state index in [1.807, 2.05) is 0 Å². The molecule has 0 unspecified atom stereocenters. The number of rotatable bonds is 4. The molecule has 0 aliphatic heterocycles. The van der Waals surface area contributed by atoms with Crippen LogP contribution in [0.4, 0.5) is 13.2 Å². The summed E-state index contributed by atoms with van der Waals surface area (Å²) < 4.78 is 35.5. The highest BCUT2D eigenvalue weighted by Crippen LogP contribution is 2.29. The largest absolute Gasteiger partial charge is 0.441 e. The summed E-state index contributed by atoms with van der Waals surface area (Å²) in [6.45, 7) is 1.52. The standard InChI is InChI=1S/C9H9ClF3N3OS/c1-5-4-6(16-8(10)15-5)7(17)14-2-3-18-9(11,12)13/h4H,2-3H2,1H3,(H,14,17). The van der Waals surface area contributed by atoms with Crippen molar-refractivity contribution in [1.29, 1.82) is 0 Å². The summed E-state index contributed by atoms with van der Waals surface area (Å²) in [5, 5.41) is 2.24. The van der Waals surface area contributed by atoms with Crippen LogP contribution >= 0.6 is 23.4 Å². The minimum atomic E-state index is -4.29. The van der Waals surface area contributed by atoms with Crippen LogP contribution in [0, 0.1) is 6.92 Å². The van der Waals surface area contributed by atoms with Crippen LogP contribution in [-0.2, 0) is 0 Å². The van der Waals surface area contributed by atoms with E-state index in [4.69, 9.17) is 11.6 Å².